The van der Waals surface area contributed by atoms with Crippen LogP contribution >= 0.6 is 0 Å². The second-order valence-electron chi connectivity index (χ2n) is 5.10. The molecular formula is C18H22N2O. The Morgan fingerprint density at radius 1 is 1.05 bits per heavy atom. The van der Waals surface area contributed by atoms with Gasteiger partial charge in [0.25, 0.3) is 0 Å². The first-order valence-electron chi connectivity index (χ1n) is 7.37. The average Bonchev–Trinajstić information content (AvgIpc) is 2.52. The zero-order valence-corrected chi connectivity index (χ0v) is 12.6. The molecule has 0 aliphatic heterocycles. The summed E-state index contributed by atoms with van der Waals surface area (Å²) >= 11 is 0. The minimum Gasteiger partial charge on any atom is -0.338 e. The molecule has 3 nitrogen and oxygen atoms in total. The molecular weight excluding hydrogens is 260 g/mol. The molecule has 0 fully saturated rings. The third-order valence-corrected chi connectivity index (χ3v) is 3.44. The number of rotatable bonds is 5. The van der Waals surface area contributed by atoms with Crippen molar-refractivity contribution in [2.75, 3.05) is 6.54 Å². The van der Waals surface area contributed by atoms with Gasteiger partial charge in [-0.05, 0) is 30.0 Å². The van der Waals surface area contributed by atoms with E-state index in [1.807, 2.05) is 49.4 Å². The van der Waals surface area contributed by atoms with Gasteiger partial charge in [0.2, 0.25) is 0 Å². The Kier molecular flexibility index (Phi) is 5.38. The van der Waals surface area contributed by atoms with Crippen molar-refractivity contribution in [2.24, 2.45) is 0 Å². The molecule has 0 heterocycles. The molecule has 0 saturated carbocycles. The molecule has 0 saturated heterocycles. The van der Waals surface area contributed by atoms with Gasteiger partial charge in [0, 0.05) is 6.54 Å². The van der Waals surface area contributed by atoms with E-state index in [1.54, 1.807) is 0 Å². The molecule has 0 aliphatic rings. The van der Waals surface area contributed by atoms with Gasteiger partial charge in [0.15, 0.2) is 0 Å². The Balaban J connectivity index is 2.27. The summed E-state index contributed by atoms with van der Waals surface area (Å²) in [4.78, 5) is 12.0. The second-order valence-corrected chi connectivity index (χ2v) is 5.10. The topological polar surface area (TPSA) is 41.1 Å². The van der Waals surface area contributed by atoms with Crippen LogP contribution in [-0.2, 0) is 0 Å². The quantitative estimate of drug-likeness (QED) is 0.860. The number of hydrogen-bond acceptors (Lipinski definition) is 1. The maximum absolute atomic E-state index is 12.0. The van der Waals surface area contributed by atoms with Crippen LogP contribution < -0.4 is 10.6 Å². The second kappa shape index (κ2) is 7.48. The molecule has 21 heavy (non-hydrogen) atoms. The van der Waals surface area contributed by atoms with Crippen LogP contribution in [-0.4, -0.2) is 12.6 Å². The number of aryl methyl sites for hydroxylation is 1. The van der Waals surface area contributed by atoms with E-state index in [0.717, 1.165) is 17.5 Å². The normalized spacial score (nSPS) is 11.7. The van der Waals surface area contributed by atoms with Crippen molar-refractivity contribution < 1.29 is 4.79 Å². The van der Waals surface area contributed by atoms with Crippen LogP contribution in [0.4, 0.5) is 4.79 Å². The zero-order valence-electron chi connectivity index (χ0n) is 12.6. The van der Waals surface area contributed by atoms with Crippen molar-refractivity contribution in [2.45, 2.75) is 26.3 Å². The first-order chi connectivity index (χ1) is 10.2. The molecule has 0 bridgehead atoms. The summed E-state index contributed by atoms with van der Waals surface area (Å²) in [5.74, 6) is 0. The highest BCUT2D eigenvalue weighted by atomic mass is 16.2. The summed E-state index contributed by atoms with van der Waals surface area (Å²) in [7, 11) is 0. The van der Waals surface area contributed by atoms with Gasteiger partial charge in [-0.3, -0.25) is 0 Å². The van der Waals surface area contributed by atoms with Crippen molar-refractivity contribution in [3.8, 4) is 0 Å². The highest BCUT2D eigenvalue weighted by Crippen LogP contribution is 2.24. The zero-order chi connectivity index (χ0) is 15.1. The Morgan fingerprint density at radius 3 is 2.38 bits per heavy atom. The molecule has 3 heteroatoms. The van der Waals surface area contributed by atoms with E-state index in [9.17, 15) is 4.79 Å². The minimum atomic E-state index is -0.135. The van der Waals surface area contributed by atoms with E-state index in [2.05, 4.69) is 29.7 Å². The van der Waals surface area contributed by atoms with Gasteiger partial charge < -0.3 is 10.6 Å². The average molecular weight is 282 g/mol. The lowest BCUT2D eigenvalue weighted by Gasteiger charge is -2.21. The first-order valence-corrected chi connectivity index (χ1v) is 7.37. The fraction of sp³-hybridized carbons (Fsp3) is 0.278. The lowest BCUT2D eigenvalue weighted by atomic mass is 9.95. The SMILES string of the molecule is CCCNC(=O)N[C@H](c1ccccc1)c1ccccc1C. The molecule has 0 aliphatic carbocycles. The molecule has 2 amide bonds. The maximum atomic E-state index is 12.0. The minimum absolute atomic E-state index is 0.131. The number of nitrogens with one attached hydrogen (secondary N) is 2. The molecule has 110 valence electrons. The fourth-order valence-electron chi connectivity index (χ4n) is 2.32. The number of hydrogen-bond donors (Lipinski definition) is 2. The van der Waals surface area contributed by atoms with Crippen LogP contribution in [0.5, 0.6) is 0 Å². The Labute approximate surface area is 126 Å². The summed E-state index contributed by atoms with van der Waals surface area (Å²) in [5, 5.41) is 5.95. The standard InChI is InChI=1S/C18H22N2O/c1-3-13-19-18(21)20-17(15-10-5-4-6-11-15)16-12-8-7-9-14(16)2/h4-12,17H,3,13H2,1-2H3,(H2,19,20,21)/t17-/m1/s1. The van der Waals surface area contributed by atoms with Crippen molar-refractivity contribution in [1.82, 2.24) is 10.6 Å². The van der Waals surface area contributed by atoms with Gasteiger partial charge in [-0.1, -0.05) is 61.5 Å². The molecule has 0 unspecified atom stereocenters. The molecule has 1 atom stereocenters. The molecule has 0 aromatic heterocycles. The Bertz CT molecular complexity index is 581. The third kappa shape index (κ3) is 4.09. The van der Waals surface area contributed by atoms with E-state index < -0.39 is 0 Å². The van der Waals surface area contributed by atoms with E-state index in [-0.39, 0.29) is 12.1 Å². The summed E-state index contributed by atoms with van der Waals surface area (Å²) < 4.78 is 0. The molecule has 2 aromatic rings. The molecule has 2 aromatic carbocycles. The summed E-state index contributed by atoms with van der Waals surface area (Å²) in [6.07, 6.45) is 0.924. The molecule has 2 N–H and O–H groups in total. The van der Waals surface area contributed by atoms with Crippen LogP contribution in [0.25, 0.3) is 0 Å². The smallest absolute Gasteiger partial charge is 0.315 e. The van der Waals surface area contributed by atoms with Gasteiger partial charge in [0.1, 0.15) is 0 Å². The highest BCUT2D eigenvalue weighted by molar-refractivity contribution is 5.75. The molecule has 2 rings (SSSR count). The fourth-order valence-corrected chi connectivity index (χ4v) is 2.32. The van der Waals surface area contributed by atoms with Crippen molar-refractivity contribution in [1.29, 1.82) is 0 Å². The summed E-state index contributed by atoms with van der Waals surface area (Å²) in [6, 6.07) is 17.9. The number of amides is 2. The predicted octanol–water partition coefficient (Wildman–Crippen LogP) is 3.79. The largest absolute Gasteiger partial charge is 0.338 e. The van der Waals surface area contributed by atoms with Crippen molar-refractivity contribution >= 4 is 6.03 Å². The van der Waals surface area contributed by atoms with E-state index >= 15 is 0 Å². The van der Waals surface area contributed by atoms with Gasteiger partial charge in [-0.2, -0.15) is 0 Å². The summed E-state index contributed by atoms with van der Waals surface area (Å²) in [6.45, 7) is 4.79. The van der Waals surface area contributed by atoms with E-state index in [1.165, 1.54) is 5.56 Å². The molecule has 0 spiro atoms. The van der Waals surface area contributed by atoms with Crippen LogP contribution in [0, 0.1) is 6.92 Å². The number of benzene rings is 2. The van der Waals surface area contributed by atoms with E-state index in [4.69, 9.17) is 0 Å². The van der Waals surface area contributed by atoms with Gasteiger partial charge in [-0.25, -0.2) is 4.79 Å². The summed E-state index contributed by atoms with van der Waals surface area (Å²) in [5.41, 5.74) is 3.37. The van der Waals surface area contributed by atoms with Gasteiger partial charge in [-0.15, -0.1) is 0 Å². The lowest BCUT2D eigenvalue weighted by molar-refractivity contribution is 0.238. The van der Waals surface area contributed by atoms with Crippen molar-refractivity contribution in [3.05, 3.63) is 71.3 Å². The highest BCUT2D eigenvalue weighted by Gasteiger charge is 2.17. The maximum Gasteiger partial charge on any atom is 0.315 e. The number of carbonyl (C=O) groups excluding carboxylic acids is 1. The van der Waals surface area contributed by atoms with E-state index in [0.29, 0.717) is 6.54 Å². The monoisotopic (exact) mass is 282 g/mol. The van der Waals surface area contributed by atoms with Crippen LogP contribution in [0.1, 0.15) is 36.1 Å². The van der Waals surface area contributed by atoms with Crippen LogP contribution in [0.3, 0.4) is 0 Å². The number of urea groups is 1. The van der Waals surface area contributed by atoms with Crippen molar-refractivity contribution in [3.63, 3.8) is 0 Å². The first kappa shape index (κ1) is 15.1. The molecule has 0 radical (unpaired) electrons. The Morgan fingerprint density at radius 2 is 1.71 bits per heavy atom. The third-order valence-electron chi connectivity index (χ3n) is 3.44. The van der Waals surface area contributed by atoms with Crippen LogP contribution in [0.2, 0.25) is 0 Å². The predicted molar refractivity (Wildman–Crippen MR) is 86.3 cm³/mol. The number of carbonyl (C=O) groups is 1. The van der Waals surface area contributed by atoms with Crippen LogP contribution in [0.15, 0.2) is 54.6 Å². The van der Waals surface area contributed by atoms with Gasteiger partial charge >= 0.3 is 6.03 Å². The lowest BCUT2D eigenvalue weighted by Crippen LogP contribution is -2.38. The Hall–Kier alpha value is -2.29. The van der Waals surface area contributed by atoms with Gasteiger partial charge in [0.05, 0.1) is 6.04 Å².